The van der Waals surface area contributed by atoms with E-state index in [1.54, 1.807) is 42.5 Å². The Morgan fingerprint density at radius 1 is 1.12 bits per heavy atom. The summed E-state index contributed by atoms with van der Waals surface area (Å²) in [6, 6.07) is 13.8. The molecule has 0 fully saturated rings. The first-order chi connectivity index (χ1) is 12.5. The summed E-state index contributed by atoms with van der Waals surface area (Å²) in [6.45, 7) is 4.09. The minimum Gasteiger partial charge on any atom is -0.490 e. The van der Waals surface area contributed by atoms with Gasteiger partial charge in [-0.15, -0.1) is 0 Å². The van der Waals surface area contributed by atoms with Gasteiger partial charge in [-0.2, -0.15) is 0 Å². The van der Waals surface area contributed by atoms with Crippen molar-refractivity contribution in [3.63, 3.8) is 0 Å². The number of carbonyl (C=O) groups excluding carboxylic acids is 2. The Balaban J connectivity index is 2.17. The Morgan fingerprint density at radius 3 is 2.35 bits per heavy atom. The molecule has 0 aliphatic heterocycles. The average molecular weight is 374 g/mol. The number of methoxy groups -OCH3 is 1. The van der Waals surface area contributed by atoms with Crippen molar-refractivity contribution in [3.8, 4) is 5.75 Å². The van der Waals surface area contributed by atoms with E-state index in [-0.39, 0.29) is 19.0 Å². The molecule has 0 spiro atoms. The molecule has 0 atom stereocenters. The molecule has 0 saturated heterocycles. The smallest absolute Gasteiger partial charge is 0.325 e. The molecule has 5 nitrogen and oxygen atoms in total. The molecule has 0 aromatic heterocycles. The maximum absolute atomic E-state index is 12.8. The number of benzene rings is 2. The first-order valence-corrected chi connectivity index (χ1v) is 8.35. The lowest BCUT2D eigenvalue weighted by Gasteiger charge is -2.22. The minimum atomic E-state index is -0.488. The molecule has 0 heterocycles. The molecule has 2 rings (SSSR count). The second kappa shape index (κ2) is 9.63. The molecule has 1 amide bonds. The van der Waals surface area contributed by atoms with Crippen molar-refractivity contribution in [1.82, 2.24) is 4.90 Å². The van der Waals surface area contributed by atoms with Gasteiger partial charge in [0.15, 0.2) is 0 Å². The summed E-state index contributed by atoms with van der Waals surface area (Å²) in [5.74, 6) is -0.127. The summed E-state index contributed by atoms with van der Waals surface area (Å²) in [4.78, 5) is 26.0. The van der Waals surface area contributed by atoms with E-state index >= 15 is 0 Å². The molecular formula is C20H20ClNO4. The molecule has 136 valence electrons. The number of amides is 1. The fraction of sp³-hybridized carbons (Fsp3) is 0.200. The van der Waals surface area contributed by atoms with E-state index in [0.29, 0.717) is 22.9 Å². The summed E-state index contributed by atoms with van der Waals surface area (Å²) in [5.41, 5.74) is 1.31. The van der Waals surface area contributed by atoms with Crippen LogP contribution in [0.4, 0.5) is 0 Å². The van der Waals surface area contributed by atoms with Gasteiger partial charge in [-0.05, 0) is 42.0 Å². The van der Waals surface area contributed by atoms with Crippen molar-refractivity contribution in [2.45, 2.75) is 6.54 Å². The van der Waals surface area contributed by atoms with E-state index in [2.05, 4.69) is 6.58 Å². The van der Waals surface area contributed by atoms with Crippen LogP contribution in [0, 0.1) is 0 Å². The van der Waals surface area contributed by atoms with Crippen LogP contribution in [0.25, 0.3) is 0 Å². The molecule has 26 heavy (non-hydrogen) atoms. The van der Waals surface area contributed by atoms with Crippen molar-refractivity contribution < 1.29 is 19.1 Å². The molecule has 0 N–H and O–H groups in total. The van der Waals surface area contributed by atoms with E-state index in [1.807, 2.05) is 12.1 Å². The monoisotopic (exact) mass is 373 g/mol. The SMILES string of the molecule is C=CCOc1ccc(C(=O)N(CC(=O)OC)Cc2ccc(Cl)cc2)cc1. The van der Waals surface area contributed by atoms with Gasteiger partial charge in [0.25, 0.3) is 5.91 Å². The fourth-order valence-electron chi connectivity index (χ4n) is 2.26. The third-order valence-corrected chi connectivity index (χ3v) is 3.84. The lowest BCUT2D eigenvalue weighted by Crippen LogP contribution is -2.35. The Morgan fingerprint density at radius 2 is 1.77 bits per heavy atom. The van der Waals surface area contributed by atoms with Crippen LogP contribution in [0.2, 0.25) is 5.02 Å². The molecule has 6 heteroatoms. The highest BCUT2D eigenvalue weighted by Crippen LogP contribution is 2.16. The van der Waals surface area contributed by atoms with Gasteiger partial charge in [0.2, 0.25) is 0 Å². The number of esters is 1. The van der Waals surface area contributed by atoms with Crippen LogP contribution in [0.5, 0.6) is 5.75 Å². The van der Waals surface area contributed by atoms with Gasteiger partial charge in [0.1, 0.15) is 18.9 Å². The first kappa shape index (κ1) is 19.5. The average Bonchev–Trinajstić information content (AvgIpc) is 2.67. The highest BCUT2D eigenvalue weighted by molar-refractivity contribution is 6.30. The van der Waals surface area contributed by atoms with Crippen LogP contribution in [-0.2, 0) is 16.1 Å². The third-order valence-electron chi connectivity index (χ3n) is 3.59. The lowest BCUT2D eigenvalue weighted by atomic mass is 10.1. The highest BCUT2D eigenvalue weighted by Gasteiger charge is 2.19. The maximum atomic E-state index is 12.8. The molecule has 2 aromatic rings. The van der Waals surface area contributed by atoms with Crippen LogP contribution in [0.3, 0.4) is 0 Å². The summed E-state index contributed by atoms with van der Waals surface area (Å²) in [6.07, 6.45) is 1.64. The standard InChI is InChI=1S/C20H20ClNO4/c1-3-12-26-18-10-6-16(7-11-18)20(24)22(14-19(23)25-2)13-15-4-8-17(21)9-5-15/h3-11H,1,12-14H2,2H3. The number of hydrogen-bond donors (Lipinski definition) is 0. The van der Waals surface area contributed by atoms with Crippen molar-refractivity contribution in [2.24, 2.45) is 0 Å². The van der Waals surface area contributed by atoms with Gasteiger partial charge >= 0.3 is 5.97 Å². The summed E-state index contributed by atoms with van der Waals surface area (Å²) >= 11 is 5.89. The van der Waals surface area contributed by atoms with Gasteiger partial charge < -0.3 is 14.4 Å². The summed E-state index contributed by atoms with van der Waals surface area (Å²) in [7, 11) is 1.29. The van der Waals surface area contributed by atoms with Crippen LogP contribution < -0.4 is 4.74 Å². The van der Waals surface area contributed by atoms with Gasteiger partial charge in [-0.25, -0.2) is 0 Å². The van der Waals surface area contributed by atoms with Crippen LogP contribution in [0.15, 0.2) is 61.2 Å². The fourth-order valence-corrected chi connectivity index (χ4v) is 2.39. The number of carbonyl (C=O) groups is 2. The Labute approximate surface area is 157 Å². The number of rotatable bonds is 8. The third kappa shape index (κ3) is 5.63. The Hall–Kier alpha value is -2.79. The maximum Gasteiger partial charge on any atom is 0.325 e. The van der Waals surface area contributed by atoms with Crippen molar-refractivity contribution >= 4 is 23.5 Å². The van der Waals surface area contributed by atoms with Gasteiger partial charge in [-0.1, -0.05) is 36.4 Å². The van der Waals surface area contributed by atoms with Gasteiger partial charge in [0, 0.05) is 17.1 Å². The minimum absolute atomic E-state index is 0.146. The summed E-state index contributed by atoms with van der Waals surface area (Å²) in [5, 5.41) is 0.606. The highest BCUT2D eigenvalue weighted by atomic mass is 35.5. The molecule has 2 aromatic carbocycles. The second-order valence-electron chi connectivity index (χ2n) is 5.49. The largest absolute Gasteiger partial charge is 0.490 e. The van der Waals surface area contributed by atoms with Crippen LogP contribution in [0.1, 0.15) is 15.9 Å². The van der Waals surface area contributed by atoms with Crippen molar-refractivity contribution in [2.75, 3.05) is 20.3 Å². The number of hydrogen-bond acceptors (Lipinski definition) is 4. The van der Waals surface area contributed by atoms with Crippen molar-refractivity contribution in [3.05, 3.63) is 77.3 Å². The molecule has 0 radical (unpaired) electrons. The van der Waals surface area contributed by atoms with E-state index in [9.17, 15) is 9.59 Å². The Kier molecular flexibility index (Phi) is 7.24. The molecule has 0 unspecified atom stereocenters. The summed E-state index contributed by atoms with van der Waals surface area (Å²) < 4.78 is 10.1. The van der Waals surface area contributed by atoms with Crippen LogP contribution in [-0.4, -0.2) is 37.0 Å². The molecule has 0 bridgehead atoms. The zero-order chi connectivity index (χ0) is 18.9. The van der Waals surface area contributed by atoms with E-state index in [1.165, 1.54) is 12.0 Å². The van der Waals surface area contributed by atoms with E-state index < -0.39 is 5.97 Å². The topological polar surface area (TPSA) is 55.8 Å². The predicted octanol–water partition coefficient (Wildman–Crippen LogP) is 3.72. The number of halogens is 1. The molecule has 0 aliphatic carbocycles. The number of ether oxygens (including phenoxy) is 2. The molecule has 0 aliphatic rings. The molecular weight excluding hydrogens is 354 g/mol. The quantitative estimate of drug-likeness (QED) is 0.522. The Bertz CT molecular complexity index is 756. The van der Waals surface area contributed by atoms with E-state index in [0.717, 1.165) is 5.56 Å². The zero-order valence-electron chi connectivity index (χ0n) is 14.5. The van der Waals surface area contributed by atoms with E-state index in [4.69, 9.17) is 21.1 Å². The zero-order valence-corrected chi connectivity index (χ0v) is 15.2. The van der Waals surface area contributed by atoms with Crippen molar-refractivity contribution in [1.29, 1.82) is 0 Å². The second-order valence-corrected chi connectivity index (χ2v) is 5.92. The first-order valence-electron chi connectivity index (χ1n) is 7.97. The lowest BCUT2D eigenvalue weighted by molar-refractivity contribution is -0.141. The van der Waals surface area contributed by atoms with Crippen LogP contribution >= 0.6 is 11.6 Å². The molecule has 0 saturated carbocycles. The normalized spacial score (nSPS) is 10.1. The van der Waals surface area contributed by atoms with Gasteiger partial charge in [-0.3, -0.25) is 9.59 Å². The number of nitrogens with zero attached hydrogens (tertiary/aromatic N) is 1. The van der Waals surface area contributed by atoms with Gasteiger partial charge in [0.05, 0.1) is 7.11 Å². The predicted molar refractivity (Wildman–Crippen MR) is 100 cm³/mol.